The van der Waals surface area contributed by atoms with Crippen LogP contribution >= 0.6 is 0 Å². The molecule has 1 aromatic heterocycles. The summed E-state index contributed by atoms with van der Waals surface area (Å²) < 4.78 is 20.6. The first-order valence-electron chi connectivity index (χ1n) is 5.95. The third-order valence-electron chi connectivity index (χ3n) is 2.23. The fourth-order valence-corrected chi connectivity index (χ4v) is 1.33. The maximum Gasteiger partial charge on any atom is 0.0889 e. The van der Waals surface area contributed by atoms with Crippen LogP contribution in [0.5, 0.6) is 0 Å². The van der Waals surface area contributed by atoms with Gasteiger partial charge in [0.25, 0.3) is 0 Å². The minimum atomic E-state index is 0.495. The summed E-state index contributed by atoms with van der Waals surface area (Å²) in [6.07, 6.45) is 0. The van der Waals surface area contributed by atoms with Crippen molar-refractivity contribution in [3.05, 3.63) is 29.6 Å². The van der Waals surface area contributed by atoms with Crippen LogP contribution in [0.2, 0.25) is 0 Å². The Morgan fingerprint density at radius 3 is 1.78 bits per heavy atom. The molecule has 102 valence electrons. The van der Waals surface area contributed by atoms with Crippen LogP contribution in [0.4, 0.5) is 0 Å². The fraction of sp³-hybridized carbons (Fsp3) is 0.615. The second-order valence-corrected chi connectivity index (χ2v) is 3.71. The summed E-state index contributed by atoms with van der Waals surface area (Å²) in [6, 6.07) is 5.83. The van der Waals surface area contributed by atoms with Gasteiger partial charge >= 0.3 is 0 Å². The molecular formula is C13H21NO4. The van der Waals surface area contributed by atoms with Gasteiger partial charge in [-0.2, -0.15) is 0 Å². The van der Waals surface area contributed by atoms with Crippen molar-refractivity contribution in [1.82, 2.24) is 4.98 Å². The normalized spacial score (nSPS) is 10.8. The number of rotatable bonds is 10. The zero-order chi connectivity index (χ0) is 13.1. The lowest BCUT2D eigenvalue weighted by atomic mass is 10.3. The van der Waals surface area contributed by atoms with Gasteiger partial charge in [-0.3, -0.25) is 4.98 Å². The molecular weight excluding hydrogens is 234 g/mol. The van der Waals surface area contributed by atoms with Crippen molar-refractivity contribution in [3.63, 3.8) is 0 Å². The molecule has 0 aromatic carbocycles. The first-order valence-corrected chi connectivity index (χ1v) is 5.95. The second kappa shape index (κ2) is 9.96. The zero-order valence-corrected chi connectivity index (χ0v) is 11.1. The molecule has 0 bridgehead atoms. The van der Waals surface area contributed by atoms with Crippen molar-refractivity contribution in [2.45, 2.75) is 13.2 Å². The maximum atomic E-state index is 5.41. The molecule has 1 aromatic rings. The Kier molecular flexibility index (Phi) is 8.33. The van der Waals surface area contributed by atoms with Crippen molar-refractivity contribution >= 4 is 0 Å². The van der Waals surface area contributed by atoms with Crippen LogP contribution < -0.4 is 0 Å². The van der Waals surface area contributed by atoms with Gasteiger partial charge in [-0.05, 0) is 12.1 Å². The SMILES string of the molecule is COCCOCc1cccc(COCCOC)n1. The van der Waals surface area contributed by atoms with Gasteiger partial charge in [0.15, 0.2) is 0 Å². The Bertz CT molecular complexity index is 292. The van der Waals surface area contributed by atoms with Crippen LogP contribution in [-0.2, 0) is 32.2 Å². The Morgan fingerprint density at radius 2 is 1.33 bits per heavy atom. The van der Waals surface area contributed by atoms with E-state index in [4.69, 9.17) is 18.9 Å². The molecule has 1 heterocycles. The smallest absolute Gasteiger partial charge is 0.0889 e. The molecule has 0 amide bonds. The van der Waals surface area contributed by atoms with E-state index in [0.717, 1.165) is 11.4 Å². The number of aromatic nitrogens is 1. The molecule has 0 spiro atoms. The Balaban J connectivity index is 2.27. The lowest BCUT2D eigenvalue weighted by Crippen LogP contribution is -2.06. The van der Waals surface area contributed by atoms with E-state index in [1.807, 2.05) is 18.2 Å². The van der Waals surface area contributed by atoms with Gasteiger partial charge in [0.1, 0.15) is 0 Å². The summed E-state index contributed by atoms with van der Waals surface area (Å²) in [6.45, 7) is 3.34. The predicted molar refractivity (Wildman–Crippen MR) is 67.3 cm³/mol. The topological polar surface area (TPSA) is 49.8 Å². The number of ether oxygens (including phenoxy) is 4. The number of methoxy groups -OCH3 is 2. The first kappa shape index (κ1) is 15.0. The summed E-state index contributed by atoms with van der Waals surface area (Å²) in [5, 5.41) is 0. The molecule has 0 fully saturated rings. The molecule has 0 unspecified atom stereocenters. The molecule has 0 atom stereocenters. The zero-order valence-electron chi connectivity index (χ0n) is 11.1. The predicted octanol–water partition coefficient (Wildman–Crippen LogP) is 1.41. The van der Waals surface area contributed by atoms with E-state index in [1.165, 1.54) is 0 Å². The fourth-order valence-electron chi connectivity index (χ4n) is 1.33. The van der Waals surface area contributed by atoms with Gasteiger partial charge in [0.2, 0.25) is 0 Å². The molecule has 0 N–H and O–H groups in total. The van der Waals surface area contributed by atoms with Crippen molar-refractivity contribution in [3.8, 4) is 0 Å². The molecule has 0 aliphatic rings. The molecule has 5 nitrogen and oxygen atoms in total. The molecule has 0 aliphatic carbocycles. The number of nitrogens with zero attached hydrogens (tertiary/aromatic N) is 1. The summed E-state index contributed by atoms with van der Waals surface area (Å²) in [4.78, 5) is 4.44. The number of hydrogen-bond acceptors (Lipinski definition) is 5. The highest BCUT2D eigenvalue weighted by atomic mass is 16.5. The van der Waals surface area contributed by atoms with Gasteiger partial charge in [-0.15, -0.1) is 0 Å². The summed E-state index contributed by atoms with van der Waals surface area (Å²) in [7, 11) is 3.30. The van der Waals surface area contributed by atoms with E-state index in [2.05, 4.69) is 4.98 Å². The van der Waals surface area contributed by atoms with Gasteiger partial charge < -0.3 is 18.9 Å². The number of hydrogen-bond donors (Lipinski definition) is 0. The molecule has 0 aliphatic heterocycles. The third kappa shape index (κ3) is 6.66. The van der Waals surface area contributed by atoms with Gasteiger partial charge in [-0.1, -0.05) is 6.07 Å². The molecule has 0 saturated carbocycles. The monoisotopic (exact) mass is 255 g/mol. The van der Waals surface area contributed by atoms with E-state index in [1.54, 1.807) is 14.2 Å². The van der Waals surface area contributed by atoms with Crippen molar-refractivity contribution in [1.29, 1.82) is 0 Å². The lowest BCUT2D eigenvalue weighted by Gasteiger charge is -2.06. The molecule has 0 saturated heterocycles. The highest BCUT2D eigenvalue weighted by molar-refractivity contribution is 5.09. The van der Waals surface area contributed by atoms with E-state index < -0.39 is 0 Å². The van der Waals surface area contributed by atoms with Gasteiger partial charge in [-0.25, -0.2) is 0 Å². The molecule has 0 radical (unpaired) electrons. The minimum Gasteiger partial charge on any atom is -0.382 e. The maximum absolute atomic E-state index is 5.41. The summed E-state index contributed by atoms with van der Waals surface area (Å²) in [5.41, 5.74) is 1.80. The average molecular weight is 255 g/mol. The van der Waals surface area contributed by atoms with Crippen LogP contribution in [0.25, 0.3) is 0 Å². The van der Waals surface area contributed by atoms with E-state index >= 15 is 0 Å². The Labute approximate surface area is 108 Å². The van der Waals surface area contributed by atoms with Crippen molar-refractivity contribution in [2.24, 2.45) is 0 Å². The summed E-state index contributed by atoms with van der Waals surface area (Å²) >= 11 is 0. The highest BCUT2D eigenvalue weighted by Crippen LogP contribution is 2.02. The van der Waals surface area contributed by atoms with Crippen molar-refractivity contribution in [2.75, 3.05) is 40.6 Å². The summed E-state index contributed by atoms with van der Waals surface area (Å²) in [5.74, 6) is 0. The largest absolute Gasteiger partial charge is 0.382 e. The molecule has 1 rings (SSSR count). The van der Waals surface area contributed by atoms with Crippen LogP contribution in [0.1, 0.15) is 11.4 Å². The lowest BCUT2D eigenvalue weighted by molar-refractivity contribution is 0.0564. The highest BCUT2D eigenvalue weighted by Gasteiger charge is 1.99. The average Bonchev–Trinajstić information content (AvgIpc) is 2.40. The van der Waals surface area contributed by atoms with Crippen LogP contribution in [0.3, 0.4) is 0 Å². The van der Waals surface area contributed by atoms with E-state index in [-0.39, 0.29) is 0 Å². The quantitative estimate of drug-likeness (QED) is 0.592. The molecule has 18 heavy (non-hydrogen) atoms. The number of pyridine rings is 1. The standard InChI is InChI=1S/C13H21NO4/c1-15-6-8-17-10-12-4-3-5-13(14-12)11-18-9-7-16-2/h3-5H,6-11H2,1-2H3. The molecule has 5 heteroatoms. The third-order valence-corrected chi connectivity index (χ3v) is 2.23. The van der Waals surface area contributed by atoms with Crippen LogP contribution in [-0.4, -0.2) is 45.6 Å². The van der Waals surface area contributed by atoms with Gasteiger partial charge in [0, 0.05) is 14.2 Å². The van der Waals surface area contributed by atoms with E-state index in [9.17, 15) is 0 Å². The van der Waals surface area contributed by atoms with Crippen LogP contribution in [0, 0.1) is 0 Å². The van der Waals surface area contributed by atoms with Crippen LogP contribution in [0.15, 0.2) is 18.2 Å². The van der Waals surface area contributed by atoms with Gasteiger partial charge in [0.05, 0.1) is 51.0 Å². The van der Waals surface area contributed by atoms with Crippen molar-refractivity contribution < 1.29 is 18.9 Å². The minimum absolute atomic E-state index is 0.495. The second-order valence-electron chi connectivity index (χ2n) is 3.71. The first-order chi connectivity index (χ1) is 8.86. The Hall–Kier alpha value is -1.01. The Morgan fingerprint density at radius 1 is 0.833 bits per heavy atom. The van der Waals surface area contributed by atoms with E-state index in [0.29, 0.717) is 39.6 Å².